The zero-order valence-corrected chi connectivity index (χ0v) is 14.0. The molecule has 1 unspecified atom stereocenters. The van der Waals surface area contributed by atoms with Crippen LogP contribution in [0, 0.1) is 0 Å². The molecule has 0 rings (SSSR count). The molecule has 122 valence electrons. The third-order valence-corrected chi connectivity index (χ3v) is 4.12. The number of hydrogen-bond acceptors (Lipinski definition) is 4. The van der Waals surface area contributed by atoms with Crippen LogP contribution in [0.5, 0.6) is 0 Å². The predicted octanol–water partition coefficient (Wildman–Crippen LogP) is 3.92. The Hall–Kier alpha value is 0.230. The lowest BCUT2D eigenvalue weighted by Crippen LogP contribution is -2.31. The molecule has 0 heterocycles. The second-order valence-electron chi connectivity index (χ2n) is 5.61. The van der Waals surface area contributed by atoms with E-state index in [1.807, 2.05) is 0 Å². The molecule has 0 saturated heterocycles. The molecule has 0 amide bonds. The van der Waals surface area contributed by atoms with Crippen molar-refractivity contribution in [3.8, 4) is 0 Å². The molecule has 0 aromatic rings. The standard InChI is InChI=1S/C16H34O3S/c1-2-3-4-5-6-7-8-9-10-11-12-16(20,15-18)19-14-13-17/h17-18,20H,2-15H2,1H3. The third-order valence-electron chi connectivity index (χ3n) is 3.63. The number of hydrogen-bond donors (Lipinski definition) is 3. The van der Waals surface area contributed by atoms with Crippen molar-refractivity contribution in [2.24, 2.45) is 0 Å². The second kappa shape index (κ2) is 14.2. The molecule has 0 saturated carbocycles. The Morgan fingerprint density at radius 2 is 1.35 bits per heavy atom. The van der Waals surface area contributed by atoms with Crippen LogP contribution in [0.1, 0.15) is 77.6 Å². The van der Waals surface area contributed by atoms with E-state index in [0.29, 0.717) is 0 Å². The fourth-order valence-corrected chi connectivity index (χ4v) is 2.57. The van der Waals surface area contributed by atoms with Crippen LogP contribution in [0.15, 0.2) is 0 Å². The van der Waals surface area contributed by atoms with E-state index in [9.17, 15) is 5.11 Å². The molecule has 20 heavy (non-hydrogen) atoms. The number of aliphatic hydroxyl groups excluding tert-OH is 2. The third kappa shape index (κ3) is 12.0. The molecule has 3 nitrogen and oxygen atoms in total. The monoisotopic (exact) mass is 306 g/mol. The first-order chi connectivity index (χ1) is 9.68. The summed E-state index contributed by atoms with van der Waals surface area (Å²) in [4.78, 5) is -0.775. The summed E-state index contributed by atoms with van der Waals surface area (Å²) in [5.74, 6) is 0. The molecule has 0 aliphatic carbocycles. The lowest BCUT2D eigenvalue weighted by molar-refractivity contribution is -0.0314. The van der Waals surface area contributed by atoms with Gasteiger partial charge in [0.1, 0.15) is 4.93 Å². The van der Waals surface area contributed by atoms with E-state index in [0.717, 1.165) is 12.8 Å². The molecular formula is C16H34O3S. The molecule has 0 aliphatic rings. The molecule has 1 atom stereocenters. The average molecular weight is 307 g/mol. The van der Waals surface area contributed by atoms with Crippen molar-refractivity contribution in [3.63, 3.8) is 0 Å². The fourth-order valence-electron chi connectivity index (χ4n) is 2.32. The predicted molar refractivity (Wildman–Crippen MR) is 88.3 cm³/mol. The van der Waals surface area contributed by atoms with Crippen LogP contribution in [-0.4, -0.2) is 35.0 Å². The molecule has 2 N–H and O–H groups in total. The van der Waals surface area contributed by atoms with E-state index >= 15 is 0 Å². The maximum atomic E-state index is 9.27. The van der Waals surface area contributed by atoms with Gasteiger partial charge in [-0.05, 0) is 12.8 Å². The SMILES string of the molecule is CCCCCCCCCCCCC(S)(CO)OCCO. The molecule has 0 spiro atoms. The Morgan fingerprint density at radius 3 is 1.80 bits per heavy atom. The normalized spacial score (nSPS) is 14.4. The lowest BCUT2D eigenvalue weighted by atomic mass is 10.0. The zero-order valence-electron chi connectivity index (χ0n) is 13.1. The highest BCUT2D eigenvalue weighted by Crippen LogP contribution is 2.24. The number of aliphatic hydroxyl groups is 2. The van der Waals surface area contributed by atoms with Gasteiger partial charge < -0.3 is 14.9 Å². The first-order valence-electron chi connectivity index (χ1n) is 8.26. The van der Waals surface area contributed by atoms with E-state index in [1.54, 1.807) is 0 Å². The van der Waals surface area contributed by atoms with Crippen LogP contribution in [0.25, 0.3) is 0 Å². The molecule has 0 radical (unpaired) electrons. The number of thiol groups is 1. The molecule has 0 aromatic heterocycles. The minimum absolute atomic E-state index is 0.0274. The summed E-state index contributed by atoms with van der Waals surface area (Å²) < 4.78 is 5.37. The molecule has 0 bridgehead atoms. The van der Waals surface area contributed by atoms with Crippen LogP contribution in [0.4, 0.5) is 0 Å². The minimum atomic E-state index is -0.775. The van der Waals surface area contributed by atoms with Crippen LogP contribution in [0.2, 0.25) is 0 Å². The molecule has 0 aliphatic heterocycles. The number of unbranched alkanes of at least 4 members (excludes halogenated alkanes) is 9. The van der Waals surface area contributed by atoms with Gasteiger partial charge in [-0.2, -0.15) is 0 Å². The summed E-state index contributed by atoms with van der Waals surface area (Å²) >= 11 is 4.36. The Bertz CT molecular complexity index is 202. The summed E-state index contributed by atoms with van der Waals surface area (Å²) in [6.45, 7) is 2.35. The Labute approximate surface area is 130 Å². The van der Waals surface area contributed by atoms with Gasteiger partial charge in [-0.3, -0.25) is 0 Å². The maximum Gasteiger partial charge on any atom is 0.134 e. The van der Waals surface area contributed by atoms with Gasteiger partial charge in [0.25, 0.3) is 0 Å². The van der Waals surface area contributed by atoms with Crippen molar-refractivity contribution in [1.82, 2.24) is 0 Å². The fraction of sp³-hybridized carbons (Fsp3) is 1.00. The number of ether oxygens (including phenoxy) is 1. The van der Waals surface area contributed by atoms with Crippen molar-refractivity contribution in [2.45, 2.75) is 82.5 Å². The van der Waals surface area contributed by atoms with Crippen LogP contribution in [0.3, 0.4) is 0 Å². The Balaban J connectivity index is 3.37. The second-order valence-corrected chi connectivity index (χ2v) is 6.42. The van der Waals surface area contributed by atoms with Gasteiger partial charge in [-0.1, -0.05) is 64.7 Å². The Morgan fingerprint density at radius 1 is 0.850 bits per heavy atom. The van der Waals surface area contributed by atoms with E-state index in [-0.39, 0.29) is 19.8 Å². The first kappa shape index (κ1) is 20.2. The summed E-state index contributed by atoms with van der Waals surface area (Å²) in [5.41, 5.74) is 0. The first-order valence-corrected chi connectivity index (χ1v) is 8.71. The van der Waals surface area contributed by atoms with Crippen LogP contribution >= 0.6 is 12.6 Å². The minimum Gasteiger partial charge on any atom is -0.394 e. The van der Waals surface area contributed by atoms with Crippen molar-refractivity contribution in [1.29, 1.82) is 0 Å². The summed E-state index contributed by atoms with van der Waals surface area (Å²) in [7, 11) is 0. The van der Waals surface area contributed by atoms with Crippen LogP contribution in [-0.2, 0) is 4.74 Å². The average Bonchev–Trinajstić information content (AvgIpc) is 2.47. The smallest absolute Gasteiger partial charge is 0.134 e. The largest absolute Gasteiger partial charge is 0.394 e. The topological polar surface area (TPSA) is 49.7 Å². The van der Waals surface area contributed by atoms with Crippen molar-refractivity contribution < 1.29 is 14.9 Å². The molecule has 4 heteroatoms. The van der Waals surface area contributed by atoms with Crippen molar-refractivity contribution >= 4 is 12.6 Å². The molecular weight excluding hydrogens is 272 g/mol. The van der Waals surface area contributed by atoms with Gasteiger partial charge >= 0.3 is 0 Å². The van der Waals surface area contributed by atoms with E-state index in [4.69, 9.17) is 9.84 Å². The van der Waals surface area contributed by atoms with E-state index in [2.05, 4.69) is 19.6 Å². The van der Waals surface area contributed by atoms with E-state index in [1.165, 1.54) is 57.8 Å². The van der Waals surface area contributed by atoms with E-state index < -0.39 is 4.93 Å². The highest BCUT2D eigenvalue weighted by molar-refractivity contribution is 7.81. The van der Waals surface area contributed by atoms with Crippen molar-refractivity contribution in [3.05, 3.63) is 0 Å². The lowest BCUT2D eigenvalue weighted by Gasteiger charge is -2.26. The van der Waals surface area contributed by atoms with Crippen LogP contribution < -0.4 is 0 Å². The van der Waals surface area contributed by atoms with Gasteiger partial charge in [0, 0.05) is 0 Å². The molecule has 0 aromatic carbocycles. The highest BCUT2D eigenvalue weighted by atomic mass is 32.1. The summed E-state index contributed by atoms with van der Waals surface area (Å²) in [5, 5.41) is 18.0. The maximum absolute atomic E-state index is 9.27. The quantitative estimate of drug-likeness (QED) is 0.244. The van der Waals surface area contributed by atoms with Gasteiger partial charge in [0.15, 0.2) is 0 Å². The van der Waals surface area contributed by atoms with Gasteiger partial charge in [-0.25, -0.2) is 0 Å². The number of rotatable bonds is 15. The Kier molecular flexibility index (Phi) is 14.3. The van der Waals surface area contributed by atoms with Crippen molar-refractivity contribution in [2.75, 3.05) is 19.8 Å². The van der Waals surface area contributed by atoms with Gasteiger partial charge in [-0.15, -0.1) is 12.6 Å². The molecule has 0 fully saturated rings. The van der Waals surface area contributed by atoms with Gasteiger partial charge in [0.2, 0.25) is 0 Å². The zero-order chi connectivity index (χ0) is 15.1. The van der Waals surface area contributed by atoms with Gasteiger partial charge in [0.05, 0.1) is 19.8 Å². The summed E-state index contributed by atoms with van der Waals surface area (Å²) in [6.07, 6.45) is 13.7. The summed E-state index contributed by atoms with van der Waals surface area (Å²) in [6, 6.07) is 0. The highest BCUT2D eigenvalue weighted by Gasteiger charge is 2.24.